The molecule has 5 aromatic heterocycles. The van der Waals surface area contributed by atoms with Gasteiger partial charge in [0.1, 0.15) is 11.6 Å². The monoisotopic (exact) mass is 1060 g/mol. The van der Waals surface area contributed by atoms with Crippen molar-refractivity contribution in [2.24, 2.45) is 0 Å². The maximum Gasteiger partial charge on any atom is 0.165 e. The van der Waals surface area contributed by atoms with Crippen molar-refractivity contribution in [1.82, 2.24) is 44.0 Å². The van der Waals surface area contributed by atoms with Gasteiger partial charge in [-0.2, -0.15) is 0 Å². The van der Waals surface area contributed by atoms with Gasteiger partial charge in [-0.1, -0.05) is 230 Å². The van der Waals surface area contributed by atoms with Crippen LogP contribution in [0.25, 0.3) is 135 Å². The molecule has 9 aromatic carbocycles. The molecule has 82 heavy (non-hydrogen) atoms. The molecule has 0 radical (unpaired) electrons. The summed E-state index contributed by atoms with van der Waals surface area (Å²) >= 11 is 0. The summed E-state index contributed by atoms with van der Waals surface area (Å²) < 4.78 is 4.65. The van der Waals surface area contributed by atoms with Crippen molar-refractivity contribution in [3.63, 3.8) is 0 Å². The molecule has 394 valence electrons. The van der Waals surface area contributed by atoms with Crippen molar-refractivity contribution < 1.29 is 0 Å². The Hall–Kier alpha value is -10.3. The Morgan fingerprint density at radius 3 is 1.00 bits per heavy atom. The molecule has 5 heterocycles. The van der Waals surface area contributed by atoms with Crippen LogP contribution < -0.4 is 0 Å². The van der Waals surface area contributed by atoms with Gasteiger partial charge in [0.2, 0.25) is 0 Å². The second-order valence-electron chi connectivity index (χ2n) is 23.0. The second kappa shape index (κ2) is 19.8. The van der Waals surface area contributed by atoms with Gasteiger partial charge in [-0.25, -0.2) is 34.9 Å². The molecule has 0 atom stereocenters. The molecule has 0 aliphatic rings. The second-order valence-corrected chi connectivity index (χ2v) is 23.0. The van der Waals surface area contributed by atoms with E-state index in [0.717, 1.165) is 99.8 Å². The van der Waals surface area contributed by atoms with Crippen molar-refractivity contribution in [2.75, 3.05) is 0 Å². The lowest BCUT2D eigenvalue weighted by Crippen LogP contribution is -2.10. The van der Waals surface area contributed by atoms with Gasteiger partial charge in [-0.3, -0.25) is 9.13 Å². The highest BCUT2D eigenvalue weighted by molar-refractivity contribution is 6.11. The van der Waals surface area contributed by atoms with Crippen LogP contribution in [-0.2, 0) is 10.8 Å². The Morgan fingerprint density at radius 2 is 0.598 bits per heavy atom. The Kier molecular flexibility index (Phi) is 12.1. The zero-order valence-electron chi connectivity index (χ0n) is 46.5. The first-order chi connectivity index (χ1) is 39.9. The zero-order chi connectivity index (χ0) is 55.7. The molecule has 0 unspecified atom stereocenters. The third kappa shape index (κ3) is 8.97. The number of fused-ring (bicyclic) bond motifs is 6. The minimum absolute atomic E-state index is 0.0639. The Morgan fingerprint density at radius 1 is 0.256 bits per heavy atom. The van der Waals surface area contributed by atoms with E-state index in [9.17, 15) is 0 Å². The molecule has 14 aromatic rings. The summed E-state index contributed by atoms with van der Waals surface area (Å²) in [4.78, 5) is 37.8. The van der Waals surface area contributed by atoms with Crippen molar-refractivity contribution in [2.45, 2.75) is 52.4 Å². The van der Waals surface area contributed by atoms with Crippen LogP contribution in [0, 0.1) is 0 Å². The molecule has 14 rings (SSSR count). The fraction of sp³-hybridized carbons (Fsp3) is 0.110. The van der Waals surface area contributed by atoms with E-state index in [1.807, 2.05) is 121 Å². The van der Waals surface area contributed by atoms with Crippen LogP contribution in [0.3, 0.4) is 0 Å². The smallest absolute Gasteiger partial charge is 0.165 e. The average Bonchev–Trinajstić information content (AvgIpc) is 2.63. The Labute approximate surface area is 476 Å². The fourth-order valence-electron chi connectivity index (χ4n) is 11.3. The summed E-state index contributed by atoms with van der Waals surface area (Å²) in [7, 11) is 0. The first kappa shape index (κ1) is 50.0. The third-order valence-corrected chi connectivity index (χ3v) is 15.6. The molecule has 9 heteroatoms. The molecule has 0 aliphatic carbocycles. The number of benzene rings is 9. The predicted molar refractivity (Wildman–Crippen MR) is 335 cm³/mol. The highest BCUT2D eigenvalue weighted by atomic mass is 15.1. The summed E-state index contributed by atoms with van der Waals surface area (Å²) in [5, 5.41) is 4.63. The quantitative estimate of drug-likeness (QED) is 0.142. The normalized spacial score (nSPS) is 12.0. The number of aromatic nitrogens is 9. The van der Waals surface area contributed by atoms with E-state index in [1.165, 1.54) is 11.1 Å². The first-order valence-corrected chi connectivity index (χ1v) is 27.9. The molecule has 0 bridgehead atoms. The molecule has 0 fully saturated rings. The van der Waals surface area contributed by atoms with Gasteiger partial charge in [0.15, 0.2) is 34.9 Å². The number of nitrogens with zero attached hydrogens (tertiary/aromatic N) is 9. The molecule has 0 spiro atoms. The summed E-state index contributed by atoms with van der Waals surface area (Å²) in [6.45, 7) is 13.6. The lowest BCUT2D eigenvalue weighted by atomic mass is 9.86. The van der Waals surface area contributed by atoms with Crippen LogP contribution in [0.15, 0.2) is 237 Å². The average molecular weight is 1060 g/mol. The summed E-state index contributed by atoms with van der Waals surface area (Å²) in [5.41, 5.74) is 13.2. The van der Waals surface area contributed by atoms with Crippen molar-refractivity contribution in [1.29, 1.82) is 0 Å². The van der Waals surface area contributed by atoms with E-state index < -0.39 is 0 Å². The molecular formula is C73H57N9. The number of para-hydroxylation sites is 2. The van der Waals surface area contributed by atoms with Crippen LogP contribution >= 0.6 is 0 Å². The van der Waals surface area contributed by atoms with E-state index in [-0.39, 0.29) is 10.8 Å². The van der Waals surface area contributed by atoms with Gasteiger partial charge in [0.05, 0.1) is 22.1 Å². The molecular weight excluding hydrogens is 1000 g/mol. The number of rotatable bonds is 9. The molecule has 0 saturated heterocycles. The highest BCUT2D eigenvalue weighted by Crippen LogP contribution is 2.44. The van der Waals surface area contributed by atoms with E-state index in [4.69, 9.17) is 34.9 Å². The lowest BCUT2D eigenvalue weighted by molar-refractivity contribution is 0.591. The topological polar surface area (TPSA) is 100 Å². The molecule has 0 aliphatic heterocycles. The predicted octanol–water partition coefficient (Wildman–Crippen LogP) is 17.9. The standard InChI is InChI=1S/C73H57N9/c1-72(2,3)51-38-40-61-57(44-51)54-32-19-21-36-59(54)81(61)63-42-50(43-64(74-63)82-60-37-22-20-33-55(60)58-45-52(73(4,5)6)39-41-62(58)82)53-34-23-35-56(70-77-66(46-24-11-7-12-25-46)75-67(78-70)47-26-13-8-14-27-47)65(53)71-79-68(48-28-15-9-16-29-48)76-69(80-71)49-30-17-10-18-31-49/h7-45H,1-6H3. The summed E-state index contributed by atoms with van der Waals surface area (Å²) in [6.07, 6.45) is 0. The first-order valence-electron chi connectivity index (χ1n) is 27.9. The molecule has 0 saturated carbocycles. The van der Waals surface area contributed by atoms with Crippen LogP contribution in [0.2, 0.25) is 0 Å². The number of pyridine rings is 1. The van der Waals surface area contributed by atoms with Crippen LogP contribution in [0.5, 0.6) is 0 Å². The van der Waals surface area contributed by atoms with Crippen molar-refractivity contribution >= 4 is 43.6 Å². The highest BCUT2D eigenvalue weighted by Gasteiger charge is 2.27. The van der Waals surface area contributed by atoms with Crippen LogP contribution in [0.1, 0.15) is 52.7 Å². The molecule has 0 N–H and O–H groups in total. The summed E-state index contributed by atoms with van der Waals surface area (Å²) in [5.74, 6) is 4.58. The van der Waals surface area contributed by atoms with Gasteiger partial charge < -0.3 is 0 Å². The minimum atomic E-state index is -0.0639. The van der Waals surface area contributed by atoms with Gasteiger partial charge in [0, 0.05) is 54.9 Å². The van der Waals surface area contributed by atoms with Gasteiger partial charge in [-0.05, 0) is 81.6 Å². The molecule has 9 nitrogen and oxygen atoms in total. The van der Waals surface area contributed by atoms with Crippen LogP contribution in [0.4, 0.5) is 0 Å². The van der Waals surface area contributed by atoms with E-state index >= 15 is 0 Å². The third-order valence-electron chi connectivity index (χ3n) is 15.6. The fourth-order valence-corrected chi connectivity index (χ4v) is 11.3. The van der Waals surface area contributed by atoms with Gasteiger partial charge in [0.25, 0.3) is 0 Å². The van der Waals surface area contributed by atoms with E-state index in [2.05, 4.69) is 166 Å². The SMILES string of the molecule is CC(C)(C)c1ccc2c(c1)c1ccccc1n2-c1cc(-c2cccc(-c3nc(-c4ccccc4)nc(-c4ccccc4)n3)c2-c2nc(-c3ccccc3)nc(-c3ccccc3)n2)cc(-n2c3ccccc3c3cc(C(C)(C)C)ccc32)n1. The summed E-state index contributed by atoms with van der Waals surface area (Å²) in [6, 6.07) is 82.3. The number of hydrogen-bond donors (Lipinski definition) is 0. The molecule has 0 amide bonds. The Bertz CT molecular complexity index is 4480. The number of hydrogen-bond acceptors (Lipinski definition) is 7. The maximum atomic E-state index is 5.82. The zero-order valence-corrected chi connectivity index (χ0v) is 46.5. The van der Waals surface area contributed by atoms with E-state index in [0.29, 0.717) is 34.9 Å². The minimum Gasteiger partial charge on any atom is -0.294 e. The maximum absolute atomic E-state index is 5.82. The van der Waals surface area contributed by atoms with E-state index in [1.54, 1.807) is 0 Å². The lowest BCUT2D eigenvalue weighted by Gasteiger charge is -2.20. The largest absolute Gasteiger partial charge is 0.294 e. The van der Waals surface area contributed by atoms with Gasteiger partial charge >= 0.3 is 0 Å². The van der Waals surface area contributed by atoms with Crippen molar-refractivity contribution in [3.05, 3.63) is 248 Å². The van der Waals surface area contributed by atoms with Crippen molar-refractivity contribution in [3.8, 4) is 91.1 Å². The van der Waals surface area contributed by atoms with Gasteiger partial charge in [-0.15, -0.1) is 0 Å². The Balaban J connectivity index is 1.12. The van der Waals surface area contributed by atoms with Crippen LogP contribution in [-0.4, -0.2) is 44.0 Å².